The van der Waals surface area contributed by atoms with Crippen molar-refractivity contribution in [2.75, 3.05) is 5.73 Å². The van der Waals surface area contributed by atoms with Gasteiger partial charge in [-0.15, -0.1) is 0 Å². The molecule has 0 saturated carbocycles. The Hall–Kier alpha value is -1.87. The standard InChI is InChI=1S/C11H5F12NO2S/c12-7(9(15,16)17,8(13,14)10(18,19)20)4-1-2-5(24)6(3-4)27(25,26)11(21,22)23/h1-3H,24H2. The number of anilines is 1. The van der Waals surface area contributed by atoms with Crippen molar-refractivity contribution in [2.45, 2.75) is 34.3 Å². The quantitative estimate of drug-likeness (QED) is 0.554. The van der Waals surface area contributed by atoms with Gasteiger partial charge in [-0.05, 0) is 12.1 Å². The molecular weight excluding hydrogens is 438 g/mol. The van der Waals surface area contributed by atoms with E-state index >= 15 is 0 Å². The van der Waals surface area contributed by atoms with E-state index in [2.05, 4.69) is 0 Å². The molecule has 0 aliphatic rings. The van der Waals surface area contributed by atoms with Crippen LogP contribution in [0, 0.1) is 0 Å². The molecular formula is C11H5F12NO2S. The van der Waals surface area contributed by atoms with E-state index < -0.39 is 67.6 Å². The lowest BCUT2D eigenvalue weighted by Crippen LogP contribution is -2.59. The summed E-state index contributed by atoms with van der Waals surface area (Å²) < 4.78 is 176. The molecule has 0 aliphatic heterocycles. The lowest BCUT2D eigenvalue weighted by atomic mass is 9.87. The largest absolute Gasteiger partial charge is 0.501 e. The topological polar surface area (TPSA) is 60.2 Å². The summed E-state index contributed by atoms with van der Waals surface area (Å²) in [6.07, 6.45) is -14.1. The summed E-state index contributed by atoms with van der Waals surface area (Å²) in [6, 6.07) is -1.58. The summed E-state index contributed by atoms with van der Waals surface area (Å²) in [6.45, 7) is 0. The first-order chi connectivity index (χ1) is 11.6. The van der Waals surface area contributed by atoms with E-state index in [1.165, 1.54) is 0 Å². The van der Waals surface area contributed by atoms with Gasteiger partial charge < -0.3 is 5.73 Å². The molecule has 0 amide bonds. The predicted molar refractivity (Wildman–Crippen MR) is 63.9 cm³/mol. The van der Waals surface area contributed by atoms with Crippen LogP contribution in [0.4, 0.5) is 58.4 Å². The van der Waals surface area contributed by atoms with Crippen molar-refractivity contribution in [2.24, 2.45) is 0 Å². The number of hydrogen-bond donors (Lipinski definition) is 1. The highest BCUT2D eigenvalue weighted by Crippen LogP contribution is 2.58. The Morgan fingerprint density at radius 2 is 1.19 bits per heavy atom. The minimum atomic E-state index is -7.19. The Bertz CT molecular complexity index is 823. The van der Waals surface area contributed by atoms with Crippen LogP contribution < -0.4 is 5.73 Å². The molecule has 3 nitrogen and oxygen atoms in total. The van der Waals surface area contributed by atoms with Gasteiger partial charge in [-0.1, -0.05) is 6.07 Å². The highest BCUT2D eigenvalue weighted by molar-refractivity contribution is 7.92. The van der Waals surface area contributed by atoms with Gasteiger partial charge in [-0.25, -0.2) is 12.8 Å². The zero-order valence-electron chi connectivity index (χ0n) is 12.1. The maximum absolute atomic E-state index is 14.2. The number of sulfone groups is 1. The molecule has 2 N–H and O–H groups in total. The molecule has 16 heteroatoms. The van der Waals surface area contributed by atoms with Gasteiger partial charge >= 0.3 is 29.5 Å². The fourth-order valence-corrected chi connectivity index (χ4v) is 2.73. The minimum Gasteiger partial charge on any atom is -0.398 e. The number of hydrogen-bond acceptors (Lipinski definition) is 3. The van der Waals surface area contributed by atoms with Crippen LogP contribution in [-0.4, -0.2) is 32.2 Å². The summed E-state index contributed by atoms with van der Waals surface area (Å²) in [5.41, 5.74) is -12.2. The number of halogens is 12. The van der Waals surface area contributed by atoms with Crippen LogP contribution in [0.25, 0.3) is 0 Å². The third kappa shape index (κ3) is 3.38. The summed E-state index contributed by atoms with van der Waals surface area (Å²) in [5, 5.41) is 0. The van der Waals surface area contributed by atoms with E-state index in [1.807, 2.05) is 0 Å². The Kier molecular flexibility index (Phi) is 5.21. The van der Waals surface area contributed by atoms with Crippen LogP contribution in [0.2, 0.25) is 0 Å². The summed E-state index contributed by atoms with van der Waals surface area (Å²) in [7, 11) is -6.60. The van der Waals surface area contributed by atoms with Gasteiger partial charge in [0, 0.05) is 5.56 Å². The second kappa shape index (κ2) is 6.07. The third-order valence-electron chi connectivity index (χ3n) is 3.18. The lowest BCUT2D eigenvalue weighted by molar-refractivity contribution is -0.389. The van der Waals surface area contributed by atoms with E-state index in [4.69, 9.17) is 5.73 Å². The molecule has 1 aromatic rings. The summed E-state index contributed by atoms with van der Waals surface area (Å²) >= 11 is 0. The first-order valence-corrected chi connectivity index (χ1v) is 7.52. The second-order valence-corrected chi connectivity index (χ2v) is 6.84. The van der Waals surface area contributed by atoms with Crippen molar-refractivity contribution in [3.8, 4) is 0 Å². The summed E-state index contributed by atoms with van der Waals surface area (Å²) in [4.78, 5) is -2.32. The van der Waals surface area contributed by atoms with E-state index in [0.717, 1.165) is 0 Å². The highest BCUT2D eigenvalue weighted by atomic mass is 32.2. The zero-order valence-corrected chi connectivity index (χ0v) is 12.9. The smallest absolute Gasteiger partial charge is 0.398 e. The number of alkyl halides is 12. The van der Waals surface area contributed by atoms with Gasteiger partial charge in [0.05, 0.1) is 10.6 Å². The van der Waals surface area contributed by atoms with E-state index in [1.54, 1.807) is 0 Å². The second-order valence-electron chi connectivity index (χ2n) is 4.93. The molecule has 1 atom stereocenters. The zero-order chi connectivity index (χ0) is 21.9. The van der Waals surface area contributed by atoms with Crippen LogP contribution in [0.1, 0.15) is 5.56 Å². The van der Waals surface area contributed by atoms with Crippen molar-refractivity contribution in [3.05, 3.63) is 23.8 Å². The van der Waals surface area contributed by atoms with Crippen molar-refractivity contribution in [3.63, 3.8) is 0 Å². The highest BCUT2D eigenvalue weighted by Gasteiger charge is 2.81. The van der Waals surface area contributed by atoms with Crippen LogP contribution >= 0.6 is 0 Å². The first kappa shape index (κ1) is 23.2. The van der Waals surface area contributed by atoms with E-state index in [9.17, 15) is 61.1 Å². The lowest BCUT2D eigenvalue weighted by Gasteiger charge is -2.36. The molecule has 0 spiro atoms. The molecule has 0 aromatic heterocycles. The Labute approximate surface area is 141 Å². The molecule has 0 bridgehead atoms. The molecule has 156 valence electrons. The van der Waals surface area contributed by atoms with Crippen LogP contribution in [0.3, 0.4) is 0 Å². The SMILES string of the molecule is Nc1ccc(C(F)(C(F)(F)F)C(F)(F)C(F)(F)F)cc1S(=O)(=O)C(F)(F)F. The molecule has 0 radical (unpaired) electrons. The van der Waals surface area contributed by atoms with Gasteiger partial charge in [0.2, 0.25) is 0 Å². The van der Waals surface area contributed by atoms with Crippen LogP contribution in [0.15, 0.2) is 23.1 Å². The molecule has 0 fully saturated rings. The number of nitrogen functional groups attached to an aromatic ring is 1. The van der Waals surface area contributed by atoms with Crippen molar-refractivity contribution in [1.29, 1.82) is 0 Å². The maximum atomic E-state index is 14.2. The average Bonchev–Trinajstić information content (AvgIpc) is 2.42. The third-order valence-corrected chi connectivity index (χ3v) is 4.73. The molecule has 1 rings (SSSR count). The van der Waals surface area contributed by atoms with E-state index in [0.29, 0.717) is 0 Å². The fourth-order valence-electron chi connectivity index (χ4n) is 1.82. The molecule has 0 heterocycles. The first-order valence-electron chi connectivity index (χ1n) is 6.04. The number of rotatable bonds is 3. The molecule has 27 heavy (non-hydrogen) atoms. The van der Waals surface area contributed by atoms with Crippen LogP contribution in [-0.2, 0) is 15.5 Å². The van der Waals surface area contributed by atoms with Gasteiger partial charge in [-0.2, -0.15) is 48.3 Å². The van der Waals surface area contributed by atoms with E-state index in [-0.39, 0.29) is 6.07 Å². The summed E-state index contributed by atoms with van der Waals surface area (Å²) in [5.74, 6) is -7.19. The normalized spacial score (nSPS) is 16.9. The molecule has 1 unspecified atom stereocenters. The fraction of sp³-hybridized carbons (Fsp3) is 0.455. The number of benzene rings is 1. The molecule has 1 aromatic carbocycles. The minimum absolute atomic E-state index is 0.180. The van der Waals surface area contributed by atoms with Gasteiger partial charge in [0.25, 0.3) is 9.84 Å². The maximum Gasteiger partial charge on any atom is 0.501 e. The van der Waals surface area contributed by atoms with Crippen LogP contribution in [0.5, 0.6) is 0 Å². The Morgan fingerprint density at radius 3 is 1.52 bits per heavy atom. The van der Waals surface area contributed by atoms with Crippen molar-refractivity contribution in [1.82, 2.24) is 0 Å². The Balaban J connectivity index is 3.94. The average molecular weight is 443 g/mol. The molecule has 0 aliphatic carbocycles. The van der Waals surface area contributed by atoms with Gasteiger partial charge in [0.1, 0.15) is 0 Å². The Morgan fingerprint density at radius 1 is 0.741 bits per heavy atom. The van der Waals surface area contributed by atoms with Gasteiger partial charge in [-0.3, -0.25) is 0 Å². The van der Waals surface area contributed by atoms with Crippen molar-refractivity contribution < 1.29 is 61.1 Å². The van der Waals surface area contributed by atoms with Crippen molar-refractivity contribution >= 4 is 15.5 Å². The monoisotopic (exact) mass is 443 g/mol. The predicted octanol–water partition coefficient (Wildman–Crippen LogP) is 4.49. The number of nitrogens with two attached hydrogens (primary N) is 1. The molecule has 0 saturated heterocycles. The van der Waals surface area contributed by atoms with Gasteiger partial charge in [0.15, 0.2) is 0 Å².